The van der Waals surface area contributed by atoms with Gasteiger partial charge >= 0.3 is 0 Å². The highest BCUT2D eigenvalue weighted by Crippen LogP contribution is 2.11. The smallest absolute Gasteiger partial charge is 0.159 e. The van der Waals surface area contributed by atoms with Crippen LogP contribution in [0.3, 0.4) is 0 Å². The molecule has 0 saturated carbocycles. The third-order valence-corrected chi connectivity index (χ3v) is 4.63. The number of aromatic nitrogens is 1. The molecule has 0 spiro atoms. The molecule has 2 aromatic rings. The predicted molar refractivity (Wildman–Crippen MR) is 122 cm³/mol. The number of rotatable bonds is 6. The Bertz CT molecular complexity index is 654. The summed E-state index contributed by atoms with van der Waals surface area (Å²) in [5, 5.41) is 0. The summed E-state index contributed by atoms with van der Waals surface area (Å²) in [4.78, 5) is 8.91. The second-order valence-corrected chi connectivity index (χ2v) is 6.29. The highest BCUT2D eigenvalue weighted by Gasteiger charge is 2.16. The normalized spacial score (nSPS) is 14.6. The summed E-state index contributed by atoms with van der Waals surface area (Å²) in [6.45, 7) is 6.13. The molecule has 3 nitrogen and oxygen atoms in total. The molecule has 0 unspecified atom stereocenters. The van der Waals surface area contributed by atoms with Gasteiger partial charge in [-0.3, -0.25) is 4.98 Å². The van der Waals surface area contributed by atoms with Gasteiger partial charge in [0, 0.05) is 51.7 Å². The van der Waals surface area contributed by atoms with Crippen LogP contribution in [0.1, 0.15) is 11.1 Å². The molecule has 1 aromatic heterocycles. The van der Waals surface area contributed by atoms with Crippen molar-refractivity contribution in [2.75, 3.05) is 39.3 Å². The fraction of sp³-hybridized carbons (Fsp3) is 0.421. The standard InChI is InChI=1S/C19H23F2N3.3BrH/c20-18-2-1-17(15-19(18)21)6-10-24-13-11-23(12-14-24)9-5-16-3-7-22-8-4-16;;;/h1-4,7-8,15H,5-6,9-14H2;3*1H. The van der Waals surface area contributed by atoms with Crippen LogP contribution in [0.5, 0.6) is 0 Å². The summed E-state index contributed by atoms with van der Waals surface area (Å²) in [6, 6.07) is 8.32. The first-order valence-electron chi connectivity index (χ1n) is 8.48. The van der Waals surface area contributed by atoms with Gasteiger partial charge in [0.05, 0.1) is 0 Å². The summed E-state index contributed by atoms with van der Waals surface area (Å²) in [5.74, 6) is -1.53. The molecular weight excluding hydrogens is 548 g/mol. The zero-order chi connectivity index (χ0) is 16.8. The summed E-state index contributed by atoms with van der Waals surface area (Å²) >= 11 is 0. The van der Waals surface area contributed by atoms with Crippen LogP contribution in [-0.4, -0.2) is 54.1 Å². The SMILES string of the molecule is Br.Br.Br.Fc1ccc(CCN2CCN(CCc3ccncc3)CC2)cc1F. The molecule has 0 atom stereocenters. The lowest BCUT2D eigenvalue weighted by atomic mass is 10.1. The molecule has 2 heterocycles. The van der Waals surface area contributed by atoms with E-state index < -0.39 is 11.6 Å². The maximum absolute atomic E-state index is 13.2. The quantitative estimate of drug-likeness (QED) is 0.507. The van der Waals surface area contributed by atoms with Crippen LogP contribution >= 0.6 is 50.9 Å². The minimum absolute atomic E-state index is 0. The molecule has 8 heteroatoms. The highest BCUT2D eigenvalue weighted by molar-refractivity contribution is 8.93. The van der Waals surface area contributed by atoms with Crippen molar-refractivity contribution < 1.29 is 8.78 Å². The zero-order valence-electron chi connectivity index (χ0n) is 15.0. The topological polar surface area (TPSA) is 19.4 Å². The maximum Gasteiger partial charge on any atom is 0.159 e. The second-order valence-electron chi connectivity index (χ2n) is 6.29. The minimum Gasteiger partial charge on any atom is -0.300 e. The zero-order valence-corrected chi connectivity index (χ0v) is 20.2. The van der Waals surface area contributed by atoms with Crippen LogP contribution in [0.2, 0.25) is 0 Å². The molecule has 1 aliphatic heterocycles. The Labute approximate surface area is 191 Å². The van der Waals surface area contributed by atoms with Crippen molar-refractivity contribution in [2.45, 2.75) is 12.8 Å². The van der Waals surface area contributed by atoms with Crippen molar-refractivity contribution in [3.8, 4) is 0 Å². The summed E-state index contributed by atoms with van der Waals surface area (Å²) < 4.78 is 26.2. The van der Waals surface area contributed by atoms with Crippen molar-refractivity contribution in [3.05, 3.63) is 65.5 Å². The first-order valence-corrected chi connectivity index (χ1v) is 8.48. The number of benzene rings is 1. The van der Waals surface area contributed by atoms with Crippen molar-refractivity contribution in [2.24, 2.45) is 0 Å². The number of piperazine rings is 1. The number of halogens is 5. The van der Waals surface area contributed by atoms with E-state index in [0.29, 0.717) is 0 Å². The van der Waals surface area contributed by atoms with Gasteiger partial charge in [0.2, 0.25) is 0 Å². The van der Waals surface area contributed by atoms with Crippen molar-refractivity contribution >= 4 is 50.9 Å². The second kappa shape index (κ2) is 13.7. The number of hydrogen-bond donors (Lipinski definition) is 0. The average Bonchev–Trinajstić information content (AvgIpc) is 2.63. The Morgan fingerprint density at radius 1 is 0.704 bits per heavy atom. The van der Waals surface area contributed by atoms with Crippen LogP contribution in [0.4, 0.5) is 8.78 Å². The maximum atomic E-state index is 13.2. The van der Waals surface area contributed by atoms with Gasteiger partial charge < -0.3 is 9.80 Å². The molecule has 0 radical (unpaired) electrons. The van der Waals surface area contributed by atoms with Gasteiger partial charge in [0.25, 0.3) is 0 Å². The minimum atomic E-state index is -0.776. The van der Waals surface area contributed by atoms with Gasteiger partial charge in [0.15, 0.2) is 11.6 Å². The number of nitrogens with zero attached hydrogens (tertiary/aromatic N) is 3. The van der Waals surface area contributed by atoms with E-state index in [0.717, 1.165) is 57.7 Å². The van der Waals surface area contributed by atoms with E-state index >= 15 is 0 Å². The van der Waals surface area contributed by atoms with Crippen LogP contribution in [0, 0.1) is 11.6 Å². The van der Waals surface area contributed by atoms with Gasteiger partial charge in [-0.15, -0.1) is 50.9 Å². The Hall–Kier alpha value is -0.410. The first kappa shape index (κ1) is 26.6. The van der Waals surface area contributed by atoms with Crippen LogP contribution in [0.25, 0.3) is 0 Å². The highest BCUT2D eigenvalue weighted by atomic mass is 79.9. The Balaban J connectivity index is 0.00000225. The summed E-state index contributed by atoms with van der Waals surface area (Å²) in [5.41, 5.74) is 2.18. The first-order chi connectivity index (χ1) is 11.7. The van der Waals surface area contributed by atoms with Gasteiger partial charge in [-0.05, 0) is 48.2 Å². The van der Waals surface area contributed by atoms with E-state index in [2.05, 4.69) is 26.9 Å². The fourth-order valence-electron chi connectivity index (χ4n) is 3.06. The van der Waals surface area contributed by atoms with E-state index in [1.165, 1.54) is 17.7 Å². The molecular formula is C19H26Br3F2N3. The molecule has 0 N–H and O–H groups in total. The van der Waals surface area contributed by atoms with Gasteiger partial charge in [0.1, 0.15) is 0 Å². The van der Waals surface area contributed by atoms with E-state index in [9.17, 15) is 8.78 Å². The van der Waals surface area contributed by atoms with Crippen molar-refractivity contribution in [1.82, 2.24) is 14.8 Å². The lowest BCUT2D eigenvalue weighted by Gasteiger charge is -2.34. The average molecular weight is 574 g/mol. The largest absolute Gasteiger partial charge is 0.300 e. The van der Waals surface area contributed by atoms with Crippen LogP contribution in [-0.2, 0) is 12.8 Å². The van der Waals surface area contributed by atoms with Gasteiger partial charge in [-0.2, -0.15) is 0 Å². The Morgan fingerprint density at radius 2 is 1.22 bits per heavy atom. The molecule has 0 amide bonds. The Kier molecular flexibility index (Phi) is 13.5. The summed E-state index contributed by atoms with van der Waals surface area (Å²) in [7, 11) is 0. The van der Waals surface area contributed by atoms with Crippen LogP contribution < -0.4 is 0 Å². The molecule has 1 fully saturated rings. The van der Waals surface area contributed by atoms with Crippen LogP contribution in [0.15, 0.2) is 42.7 Å². The van der Waals surface area contributed by atoms with Gasteiger partial charge in [-0.25, -0.2) is 8.78 Å². The molecule has 0 bridgehead atoms. The number of hydrogen-bond acceptors (Lipinski definition) is 3. The molecule has 1 saturated heterocycles. The van der Waals surface area contributed by atoms with E-state index in [1.807, 2.05) is 12.4 Å². The molecule has 152 valence electrons. The van der Waals surface area contributed by atoms with E-state index in [1.54, 1.807) is 6.07 Å². The molecule has 27 heavy (non-hydrogen) atoms. The lowest BCUT2D eigenvalue weighted by molar-refractivity contribution is 0.134. The molecule has 0 aliphatic carbocycles. The predicted octanol–water partition coefficient (Wildman–Crippen LogP) is 4.50. The van der Waals surface area contributed by atoms with E-state index in [-0.39, 0.29) is 50.9 Å². The van der Waals surface area contributed by atoms with Gasteiger partial charge in [-0.1, -0.05) is 6.07 Å². The third kappa shape index (κ3) is 8.64. The summed E-state index contributed by atoms with van der Waals surface area (Å²) in [6.07, 6.45) is 5.49. The van der Waals surface area contributed by atoms with E-state index in [4.69, 9.17) is 0 Å². The molecule has 1 aromatic carbocycles. The van der Waals surface area contributed by atoms with Crippen molar-refractivity contribution in [3.63, 3.8) is 0 Å². The van der Waals surface area contributed by atoms with Crippen molar-refractivity contribution in [1.29, 1.82) is 0 Å². The molecule has 1 aliphatic rings. The molecule has 3 rings (SSSR count). The fourth-order valence-corrected chi connectivity index (χ4v) is 3.06. The lowest BCUT2D eigenvalue weighted by Crippen LogP contribution is -2.47. The Morgan fingerprint density at radius 3 is 1.74 bits per heavy atom. The third-order valence-electron chi connectivity index (χ3n) is 4.63. The monoisotopic (exact) mass is 571 g/mol. The number of pyridine rings is 1.